The second-order valence-corrected chi connectivity index (χ2v) is 7.96. The Morgan fingerprint density at radius 2 is 1.83 bits per heavy atom. The molecule has 0 atom stereocenters. The molecule has 5 rings (SSSR count). The molecule has 29 heavy (non-hydrogen) atoms. The summed E-state index contributed by atoms with van der Waals surface area (Å²) in [7, 11) is 0. The van der Waals surface area contributed by atoms with Gasteiger partial charge in [-0.3, -0.25) is 4.98 Å². The molecule has 0 saturated heterocycles. The van der Waals surface area contributed by atoms with Crippen LogP contribution in [0.1, 0.15) is 49.3 Å². The summed E-state index contributed by atoms with van der Waals surface area (Å²) in [5, 5.41) is 3.60. The van der Waals surface area contributed by atoms with E-state index in [-0.39, 0.29) is 0 Å². The van der Waals surface area contributed by atoms with Crippen molar-refractivity contribution >= 4 is 11.4 Å². The first kappa shape index (κ1) is 18.0. The van der Waals surface area contributed by atoms with Crippen molar-refractivity contribution in [2.24, 2.45) is 0 Å². The molecule has 0 radical (unpaired) electrons. The zero-order valence-corrected chi connectivity index (χ0v) is 16.5. The number of nitrogens with one attached hydrogen (secondary N) is 1. The highest BCUT2D eigenvalue weighted by atomic mass is 16.5. The number of anilines is 2. The van der Waals surface area contributed by atoms with Crippen LogP contribution in [0.25, 0.3) is 0 Å². The molecule has 2 fully saturated rings. The Bertz CT molecular complexity index is 966. The lowest BCUT2D eigenvalue weighted by atomic mass is 9.96. The average Bonchev–Trinajstić information content (AvgIpc) is 3.56. The van der Waals surface area contributed by atoms with Crippen LogP contribution >= 0.6 is 0 Å². The van der Waals surface area contributed by atoms with E-state index in [9.17, 15) is 0 Å². The van der Waals surface area contributed by atoms with Crippen LogP contribution in [0.4, 0.5) is 11.4 Å². The van der Waals surface area contributed by atoms with Crippen LogP contribution in [-0.2, 0) is 6.61 Å². The molecule has 0 aliphatic heterocycles. The Morgan fingerprint density at radius 3 is 2.59 bits per heavy atom. The van der Waals surface area contributed by atoms with E-state index in [4.69, 9.17) is 9.47 Å². The Hall–Kier alpha value is -3.01. The van der Waals surface area contributed by atoms with Gasteiger partial charge in [-0.05, 0) is 86.1 Å². The molecule has 2 aliphatic rings. The molecule has 0 spiro atoms. The summed E-state index contributed by atoms with van der Waals surface area (Å²) in [6, 6.07) is 20.5. The normalized spacial score (nSPS) is 16.1. The van der Waals surface area contributed by atoms with E-state index >= 15 is 0 Å². The first-order valence-corrected chi connectivity index (χ1v) is 10.5. The van der Waals surface area contributed by atoms with E-state index in [1.807, 2.05) is 30.3 Å². The molecule has 148 valence electrons. The Labute approximate surface area is 171 Å². The van der Waals surface area contributed by atoms with E-state index in [1.54, 1.807) is 6.20 Å². The molecule has 2 aliphatic carbocycles. The monoisotopic (exact) mass is 386 g/mol. The summed E-state index contributed by atoms with van der Waals surface area (Å²) in [6.07, 6.45) is 8.29. The van der Waals surface area contributed by atoms with E-state index < -0.39 is 0 Å². The molecule has 0 bridgehead atoms. The van der Waals surface area contributed by atoms with Gasteiger partial charge in [0.2, 0.25) is 0 Å². The molecule has 1 N–H and O–H groups in total. The summed E-state index contributed by atoms with van der Waals surface area (Å²) < 4.78 is 12.0. The Balaban J connectivity index is 1.30. The smallest absolute Gasteiger partial charge is 0.130 e. The van der Waals surface area contributed by atoms with Crippen LogP contribution in [-0.4, -0.2) is 11.1 Å². The lowest BCUT2D eigenvalue weighted by Gasteiger charge is -2.26. The van der Waals surface area contributed by atoms with E-state index in [2.05, 4.69) is 40.6 Å². The lowest BCUT2D eigenvalue weighted by molar-refractivity contribution is 0.120. The third-order valence-electron chi connectivity index (χ3n) is 5.62. The topological polar surface area (TPSA) is 43.4 Å². The van der Waals surface area contributed by atoms with Crippen molar-refractivity contribution in [3.63, 3.8) is 0 Å². The molecule has 2 aromatic carbocycles. The fourth-order valence-corrected chi connectivity index (χ4v) is 3.60. The zero-order chi connectivity index (χ0) is 19.5. The minimum absolute atomic E-state index is 0.391. The number of hydrogen-bond acceptors (Lipinski definition) is 4. The highest BCUT2D eigenvalue weighted by molar-refractivity contribution is 5.66. The Morgan fingerprint density at radius 1 is 0.897 bits per heavy atom. The molecule has 3 aromatic rings. The standard InChI is InChI=1S/C25H26N2O2/c1-2-14-26-20(5-1)17-28-22-12-13-25(24(16-22)18-10-11-18)27-19-6-3-9-23(15-19)29-21-7-4-8-21/h1-3,5-6,9,12-16,18,21,27H,4,7-8,10-11,17H2. The second-order valence-electron chi connectivity index (χ2n) is 7.96. The first-order chi connectivity index (χ1) is 14.3. The summed E-state index contributed by atoms with van der Waals surface area (Å²) in [5.41, 5.74) is 4.48. The predicted octanol–water partition coefficient (Wildman–Crippen LogP) is 6.21. The van der Waals surface area contributed by atoms with Gasteiger partial charge in [-0.25, -0.2) is 0 Å². The van der Waals surface area contributed by atoms with Gasteiger partial charge in [0.1, 0.15) is 18.1 Å². The molecule has 1 heterocycles. The number of nitrogens with zero attached hydrogens (tertiary/aromatic N) is 1. The molecule has 0 amide bonds. The minimum Gasteiger partial charge on any atom is -0.490 e. The maximum atomic E-state index is 6.05. The maximum absolute atomic E-state index is 6.05. The number of pyridine rings is 1. The molecular weight excluding hydrogens is 360 g/mol. The molecule has 0 unspecified atom stereocenters. The largest absolute Gasteiger partial charge is 0.490 e. The highest BCUT2D eigenvalue weighted by Crippen LogP contribution is 2.45. The van der Waals surface area contributed by atoms with Gasteiger partial charge in [0.25, 0.3) is 0 Å². The van der Waals surface area contributed by atoms with Crippen LogP contribution in [0.5, 0.6) is 11.5 Å². The van der Waals surface area contributed by atoms with Crippen LogP contribution in [0.3, 0.4) is 0 Å². The average molecular weight is 386 g/mol. The zero-order valence-electron chi connectivity index (χ0n) is 16.5. The molecular formula is C25H26N2O2. The maximum Gasteiger partial charge on any atom is 0.130 e. The van der Waals surface area contributed by atoms with Crippen LogP contribution in [0, 0.1) is 0 Å². The molecule has 4 nitrogen and oxygen atoms in total. The number of rotatable bonds is 8. The minimum atomic E-state index is 0.391. The van der Waals surface area contributed by atoms with Gasteiger partial charge in [-0.1, -0.05) is 12.1 Å². The second kappa shape index (κ2) is 8.16. The van der Waals surface area contributed by atoms with Gasteiger partial charge >= 0.3 is 0 Å². The molecule has 1 aromatic heterocycles. The first-order valence-electron chi connectivity index (χ1n) is 10.5. The number of aromatic nitrogens is 1. The van der Waals surface area contributed by atoms with Gasteiger partial charge in [0, 0.05) is 23.6 Å². The fourth-order valence-electron chi connectivity index (χ4n) is 3.60. The van der Waals surface area contributed by atoms with Gasteiger partial charge in [0.05, 0.1) is 11.8 Å². The van der Waals surface area contributed by atoms with Crippen LogP contribution in [0.15, 0.2) is 66.9 Å². The lowest BCUT2D eigenvalue weighted by Crippen LogP contribution is -2.24. The summed E-state index contributed by atoms with van der Waals surface area (Å²) in [4.78, 5) is 4.33. The van der Waals surface area contributed by atoms with Crippen molar-refractivity contribution < 1.29 is 9.47 Å². The molecule has 2 saturated carbocycles. The SMILES string of the molecule is c1ccc(COc2ccc(Nc3cccc(OC4CCC4)c3)c(C3CC3)c2)nc1. The van der Waals surface area contributed by atoms with Crippen molar-refractivity contribution in [2.75, 3.05) is 5.32 Å². The van der Waals surface area contributed by atoms with E-state index in [0.29, 0.717) is 18.6 Å². The predicted molar refractivity (Wildman–Crippen MR) is 115 cm³/mol. The highest BCUT2D eigenvalue weighted by Gasteiger charge is 2.27. The number of ether oxygens (including phenoxy) is 2. The molecule has 4 heteroatoms. The number of hydrogen-bond donors (Lipinski definition) is 1. The van der Waals surface area contributed by atoms with Gasteiger partial charge in [-0.15, -0.1) is 0 Å². The third-order valence-corrected chi connectivity index (χ3v) is 5.62. The Kier molecular flexibility index (Phi) is 5.08. The van der Waals surface area contributed by atoms with Gasteiger partial charge in [-0.2, -0.15) is 0 Å². The summed E-state index contributed by atoms with van der Waals surface area (Å²) in [6.45, 7) is 0.484. The third kappa shape index (κ3) is 4.53. The van der Waals surface area contributed by atoms with Crippen molar-refractivity contribution in [2.45, 2.75) is 50.7 Å². The number of benzene rings is 2. The van der Waals surface area contributed by atoms with Crippen LogP contribution < -0.4 is 14.8 Å². The summed E-state index contributed by atoms with van der Waals surface area (Å²) >= 11 is 0. The van der Waals surface area contributed by atoms with E-state index in [0.717, 1.165) is 28.6 Å². The van der Waals surface area contributed by atoms with Gasteiger partial charge in [0.15, 0.2) is 0 Å². The van der Waals surface area contributed by atoms with E-state index in [1.165, 1.54) is 37.7 Å². The van der Waals surface area contributed by atoms with Crippen molar-refractivity contribution in [3.8, 4) is 11.5 Å². The fraction of sp³-hybridized carbons (Fsp3) is 0.320. The summed E-state index contributed by atoms with van der Waals surface area (Å²) in [5.74, 6) is 2.46. The van der Waals surface area contributed by atoms with Crippen molar-refractivity contribution in [1.82, 2.24) is 4.98 Å². The quantitative estimate of drug-likeness (QED) is 0.499. The van der Waals surface area contributed by atoms with Gasteiger partial charge < -0.3 is 14.8 Å². The van der Waals surface area contributed by atoms with Crippen molar-refractivity contribution in [3.05, 3.63) is 78.1 Å². The van der Waals surface area contributed by atoms with Crippen LogP contribution in [0.2, 0.25) is 0 Å². The van der Waals surface area contributed by atoms with Crippen molar-refractivity contribution in [1.29, 1.82) is 0 Å².